The predicted octanol–water partition coefficient (Wildman–Crippen LogP) is 2.76. The maximum absolute atomic E-state index is 12.6. The molecule has 2 aromatic carbocycles. The van der Waals surface area contributed by atoms with E-state index in [2.05, 4.69) is 31.2 Å². The van der Waals surface area contributed by atoms with E-state index in [0.29, 0.717) is 36.8 Å². The molecule has 0 unspecified atom stereocenters. The summed E-state index contributed by atoms with van der Waals surface area (Å²) < 4.78 is 26.7. The normalized spacial score (nSPS) is 15.7. The van der Waals surface area contributed by atoms with Gasteiger partial charge in [-0.1, -0.05) is 48.0 Å². The van der Waals surface area contributed by atoms with E-state index in [1.54, 1.807) is 47.0 Å². The first-order chi connectivity index (χ1) is 13.0. The summed E-state index contributed by atoms with van der Waals surface area (Å²) in [6.45, 7) is 3.61. The fourth-order valence-electron chi connectivity index (χ4n) is 2.95. The molecular weight excluding hydrogens is 380 g/mol. The van der Waals surface area contributed by atoms with E-state index in [1.807, 2.05) is 0 Å². The molecule has 0 atom stereocenters. The van der Waals surface area contributed by atoms with Crippen LogP contribution in [0.25, 0.3) is 0 Å². The highest BCUT2D eigenvalue weighted by Gasteiger charge is 2.29. The minimum Gasteiger partial charge on any atom is -0.339 e. The van der Waals surface area contributed by atoms with E-state index < -0.39 is 10.0 Å². The Morgan fingerprint density at radius 1 is 0.963 bits per heavy atom. The smallest absolute Gasteiger partial charge is 0.243 e. The number of hydrogen-bond donors (Lipinski definition) is 0. The first-order valence-electron chi connectivity index (χ1n) is 8.93. The first kappa shape index (κ1) is 19.9. The topological polar surface area (TPSA) is 57.7 Å². The number of rotatable bonds is 6. The molecule has 144 valence electrons. The number of nitrogens with zero attached hydrogens (tertiary/aromatic N) is 2. The molecule has 27 heavy (non-hydrogen) atoms. The third-order valence-corrected chi connectivity index (χ3v) is 7.49. The molecule has 1 aliphatic heterocycles. The summed E-state index contributed by atoms with van der Waals surface area (Å²) >= 11 is 1.59. The second-order valence-electron chi connectivity index (χ2n) is 6.58. The van der Waals surface area contributed by atoms with Gasteiger partial charge in [0, 0.05) is 31.9 Å². The number of aryl methyl sites for hydroxylation is 1. The number of thioether (sulfide) groups is 1. The monoisotopic (exact) mass is 404 g/mol. The minimum absolute atomic E-state index is 0.0730. The Bertz CT molecular complexity index is 860. The van der Waals surface area contributed by atoms with Gasteiger partial charge in [-0.3, -0.25) is 4.79 Å². The van der Waals surface area contributed by atoms with Crippen molar-refractivity contribution < 1.29 is 13.2 Å². The number of carbonyl (C=O) groups is 1. The standard InChI is InChI=1S/C20H24N2O3S2/c1-17-7-9-18(10-8-17)15-26-16-20(23)21-11-13-22(14-12-21)27(24,25)19-5-3-2-4-6-19/h2-10H,11-16H2,1H3. The van der Waals surface area contributed by atoms with Gasteiger partial charge in [-0.15, -0.1) is 11.8 Å². The summed E-state index contributed by atoms with van der Waals surface area (Å²) in [4.78, 5) is 14.5. The summed E-state index contributed by atoms with van der Waals surface area (Å²) in [6, 6.07) is 16.8. The van der Waals surface area contributed by atoms with Crippen LogP contribution in [0.1, 0.15) is 11.1 Å². The van der Waals surface area contributed by atoms with Crippen molar-refractivity contribution in [1.82, 2.24) is 9.21 Å². The molecule has 0 N–H and O–H groups in total. The van der Waals surface area contributed by atoms with Crippen molar-refractivity contribution in [3.05, 3.63) is 65.7 Å². The maximum atomic E-state index is 12.6. The number of amides is 1. The number of hydrogen-bond acceptors (Lipinski definition) is 4. The van der Waals surface area contributed by atoms with Crippen LogP contribution >= 0.6 is 11.8 Å². The molecule has 1 aliphatic rings. The van der Waals surface area contributed by atoms with E-state index in [4.69, 9.17) is 0 Å². The Labute approximate surface area is 165 Å². The van der Waals surface area contributed by atoms with Crippen LogP contribution in [0.4, 0.5) is 0 Å². The van der Waals surface area contributed by atoms with Crippen LogP contribution in [0.5, 0.6) is 0 Å². The van der Waals surface area contributed by atoms with Crippen LogP contribution in [-0.2, 0) is 20.6 Å². The molecule has 3 rings (SSSR count). The molecule has 1 amide bonds. The van der Waals surface area contributed by atoms with E-state index in [-0.39, 0.29) is 5.91 Å². The minimum atomic E-state index is -3.48. The molecule has 0 aromatic heterocycles. The average Bonchev–Trinajstić information content (AvgIpc) is 2.70. The molecule has 1 heterocycles. The van der Waals surface area contributed by atoms with Crippen LogP contribution < -0.4 is 0 Å². The lowest BCUT2D eigenvalue weighted by molar-refractivity contribution is -0.129. The first-order valence-corrected chi connectivity index (χ1v) is 11.5. The molecule has 1 fully saturated rings. The third-order valence-electron chi connectivity index (χ3n) is 4.59. The second kappa shape index (κ2) is 8.91. The van der Waals surface area contributed by atoms with Crippen LogP contribution in [0.15, 0.2) is 59.5 Å². The molecule has 0 saturated carbocycles. The van der Waals surface area contributed by atoms with Crippen molar-refractivity contribution in [2.75, 3.05) is 31.9 Å². The SMILES string of the molecule is Cc1ccc(CSCC(=O)N2CCN(S(=O)(=O)c3ccccc3)CC2)cc1. The van der Waals surface area contributed by atoms with Crippen molar-refractivity contribution in [1.29, 1.82) is 0 Å². The Balaban J connectivity index is 1.47. The van der Waals surface area contributed by atoms with Gasteiger partial charge >= 0.3 is 0 Å². The second-order valence-corrected chi connectivity index (χ2v) is 9.50. The van der Waals surface area contributed by atoms with Crippen LogP contribution in [-0.4, -0.2) is 55.5 Å². The van der Waals surface area contributed by atoms with Crippen LogP contribution in [0, 0.1) is 6.92 Å². The van der Waals surface area contributed by atoms with Crippen molar-refractivity contribution in [3.8, 4) is 0 Å². The van der Waals surface area contributed by atoms with E-state index in [9.17, 15) is 13.2 Å². The molecular formula is C20H24N2O3S2. The summed E-state index contributed by atoms with van der Waals surface area (Å²) in [7, 11) is -3.48. The van der Waals surface area contributed by atoms with Crippen LogP contribution in [0.2, 0.25) is 0 Å². The van der Waals surface area contributed by atoms with E-state index in [1.165, 1.54) is 15.4 Å². The Morgan fingerprint density at radius 3 is 2.22 bits per heavy atom. The van der Waals surface area contributed by atoms with Gasteiger partial charge in [0.05, 0.1) is 10.6 Å². The van der Waals surface area contributed by atoms with Crippen molar-refractivity contribution >= 4 is 27.7 Å². The molecule has 0 spiro atoms. The molecule has 2 aromatic rings. The maximum Gasteiger partial charge on any atom is 0.243 e. The highest BCUT2D eigenvalue weighted by atomic mass is 32.2. The Hall–Kier alpha value is -1.83. The van der Waals surface area contributed by atoms with Gasteiger partial charge in [0.15, 0.2) is 0 Å². The molecule has 7 heteroatoms. The lowest BCUT2D eigenvalue weighted by Crippen LogP contribution is -2.50. The fraction of sp³-hybridized carbons (Fsp3) is 0.350. The number of piperazine rings is 1. The van der Waals surface area contributed by atoms with Crippen molar-refractivity contribution in [2.24, 2.45) is 0 Å². The molecule has 1 saturated heterocycles. The summed E-state index contributed by atoms with van der Waals surface area (Å²) in [5.74, 6) is 1.29. The zero-order valence-corrected chi connectivity index (χ0v) is 17.0. The Kier molecular flexibility index (Phi) is 6.57. The van der Waals surface area contributed by atoms with Gasteiger partial charge < -0.3 is 4.90 Å². The summed E-state index contributed by atoms with van der Waals surface area (Å²) in [5.41, 5.74) is 2.43. The van der Waals surface area contributed by atoms with Gasteiger partial charge in [0.25, 0.3) is 0 Å². The quantitative estimate of drug-likeness (QED) is 0.743. The highest BCUT2D eigenvalue weighted by Crippen LogP contribution is 2.18. The number of sulfonamides is 1. The number of benzene rings is 2. The van der Waals surface area contributed by atoms with E-state index in [0.717, 1.165) is 5.75 Å². The summed E-state index contributed by atoms with van der Waals surface area (Å²) in [5, 5.41) is 0. The summed E-state index contributed by atoms with van der Waals surface area (Å²) in [6.07, 6.45) is 0. The predicted molar refractivity (Wildman–Crippen MR) is 109 cm³/mol. The van der Waals surface area contributed by atoms with Gasteiger partial charge in [-0.2, -0.15) is 4.31 Å². The lowest BCUT2D eigenvalue weighted by atomic mass is 10.2. The van der Waals surface area contributed by atoms with Crippen molar-refractivity contribution in [3.63, 3.8) is 0 Å². The third kappa shape index (κ3) is 5.12. The lowest BCUT2D eigenvalue weighted by Gasteiger charge is -2.34. The fourth-order valence-corrected chi connectivity index (χ4v) is 5.28. The van der Waals surface area contributed by atoms with Gasteiger partial charge in [0.1, 0.15) is 0 Å². The van der Waals surface area contributed by atoms with Gasteiger partial charge in [-0.05, 0) is 24.6 Å². The Morgan fingerprint density at radius 2 is 1.59 bits per heavy atom. The van der Waals surface area contributed by atoms with Gasteiger partial charge in [0.2, 0.25) is 15.9 Å². The van der Waals surface area contributed by atoms with Crippen molar-refractivity contribution in [2.45, 2.75) is 17.6 Å². The zero-order chi connectivity index (χ0) is 19.3. The highest BCUT2D eigenvalue weighted by molar-refractivity contribution is 7.99. The molecule has 0 aliphatic carbocycles. The molecule has 5 nitrogen and oxygen atoms in total. The molecule has 0 bridgehead atoms. The number of carbonyl (C=O) groups excluding carboxylic acids is 1. The van der Waals surface area contributed by atoms with Crippen LogP contribution in [0.3, 0.4) is 0 Å². The zero-order valence-electron chi connectivity index (χ0n) is 15.4. The molecule has 0 radical (unpaired) electrons. The average molecular weight is 405 g/mol. The largest absolute Gasteiger partial charge is 0.339 e. The van der Waals surface area contributed by atoms with Gasteiger partial charge in [-0.25, -0.2) is 8.42 Å². The van der Waals surface area contributed by atoms with E-state index >= 15 is 0 Å².